The van der Waals surface area contributed by atoms with Gasteiger partial charge in [-0.2, -0.15) is 0 Å². The lowest BCUT2D eigenvalue weighted by Crippen LogP contribution is -2.46. The quantitative estimate of drug-likeness (QED) is 0.740. The second-order valence-electron chi connectivity index (χ2n) is 5.65. The summed E-state index contributed by atoms with van der Waals surface area (Å²) in [6.07, 6.45) is 3.85. The Kier molecular flexibility index (Phi) is 5.89. The summed E-state index contributed by atoms with van der Waals surface area (Å²) in [5, 5.41) is 3.60. The predicted octanol–water partition coefficient (Wildman–Crippen LogP) is 1.11. The summed E-state index contributed by atoms with van der Waals surface area (Å²) in [5.41, 5.74) is 0. The molecule has 3 atom stereocenters. The average Bonchev–Trinajstić information content (AvgIpc) is 3.06. The van der Waals surface area contributed by atoms with Crippen LogP contribution in [0.3, 0.4) is 0 Å². The van der Waals surface area contributed by atoms with E-state index in [1.165, 1.54) is 25.8 Å². The maximum Gasteiger partial charge on any atom is 0.0589 e. The Labute approximate surface area is 111 Å². The molecule has 0 aromatic rings. The largest absolute Gasteiger partial charge is 0.383 e. The maximum atomic E-state index is 5.53. The van der Waals surface area contributed by atoms with E-state index in [9.17, 15) is 0 Å². The van der Waals surface area contributed by atoms with Crippen molar-refractivity contribution in [1.82, 2.24) is 10.2 Å². The van der Waals surface area contributed by atoms with Crippen molar-refractivity contribution in [3.8, 4) is 0 Å². The van der Waals surface area contributed by atoms with Crippen molar-refractivity contribution in [3.05, 3.63) is 0 Å². The standard InChI is InChI=1S/C14H28N2O2/c1-12(13-5-8-18-11-13)16(7-9-17-2)10-14-4-3-6-15-14/h12-15H,3-11H2,1-2H3. The number of nitrogens with zero attached hydrogens (tertiary/aromatic N) is 1. The molecule has 0 aromatic carbocycles. The van der Waals surface area contributed by atoms with Gasteiger partial charge in [0.05, 0.1) is 13.2 Å². The van der Waals surface area contributed by atoms with Crippen LogP contribution < -0.4 is 5.32 Å². The number of methoxy groups -OCH3 is 1. The van der Waals surface area contributed by atoms with Crippen molar-refractivity contribution >= 4 is 0 Å². The molecular formula is C14H28N2O2. The monoisotopic (exact) mass is 256 g/mol. The van der Waals surface area contributed by atoms with E-state index in [1.54, 1.807) is 7.11 Å². The van der Waals surface area contributed by atoms with Crippen LogP contribution >= 0.6 is 0 Å². The van der Waals surface area contributed by atoms with E-state index in [1.807, 2.05) is 0 Å². The first-order valence-corrected chi connectivity index (χ1v) is 7.35. The van der Waals surface area contributed by atoms with Gasteiger partial charge >= 0.3 is 0 Å². The lowest BCUT2D eigenvalue weighted by molar-refractivity contribution is 0.0862. The van der Waals surface area contributed by atoms with E-state index in [4.69, 9.17) is 9.47 Å². The molecule has 4 heteroatoms. The number of hydrogen-bond donors (Lipinski definition) is 1. The number of nitrogens with one attached hydrogen (secondary N) is 1. The zero-order valence-electron chi connectivity index (χ0n) is 11.9. The molecular weight excluding hydrogens is 228 g/mol. The normalized spacial score (nSPS) is 30.2. The minimum Gasteiger partial charge on any atom is -0.383 e. The minimum absolute atomic E-state index is 0.602. The Morgan fingerprint density at radius 3 is 2.94 bits per heavy atom. The van der Waals surface area contributed by atoms with E-state index in [2.05, 4.69) is 17.1 Å². The summed E-state index contributed by atoms with van der Waals surface area (Å²) in [6, 6.07) is 1.27. The van der Waals surface area contributed by atoms with Crippen LogP contribution in [0.25, 0.3) is 0 Å². The van der Waals surface area contributed by atoms with Crippen molar-refractivity contribution in [2.24, 2.45) is 5.92 Å². The second kappa shape index (κ2) is 7.43. The van der Waals surface area contributed by atoms with Crippen molar-refractivity contribution in [2.45, 2.75) is 38.3 Å². The molecule has 0 spiro atoms. The number of rotatable bonds is 7. The van der Waals surface area contributed by atoms with E-state index in [0.717, 1.165) is 32.9 Å². The van der Waals surface area contributed by atoms with Crippen molar-refractivity contribution in [1.29, 1.82) is 0 Å². The Morgan fingerprint density at radius 2 is 2.33 bits per heavy atom. The maximum absolute atomic E-state index is 5.53. The van der Waals surface area contributed by atoms with Gasteiger partial charge in [0.1, 0.15) is 0 Å². The minimum atomic E-state index is 0.602. The van der Waals surface area contributed by atoms with E-state index < -0.39 is 0 Å². The molecule has 2 aliphatic heterocycles. The zero-order valence-corrected chi connectivity index (χ0v) is 11.9. The lowest BCUT2D eigenvalue weighted by atomic mass is 9.98. The van der Waals surface area contributed by atoms with Crippen molar-refractivity contribution in [3.63, 3.8) is 0 Å². The van der Waals surface area contributed by atoms with Crippen LogP contribution in [0.15, 0.2) is 0 Å². The molecule has 18 heavy (non-hydrogen) atoms. The predicted molar refractivity (Wildman–Crippen MR) is 72.9 cm³/mol. The Morgan fingerprint density at radius 1 is 1.44 bits per heavy atom. The van der Waals surface area contributed by atoms with Gasteiger partial charge in [0.25, 0.3) is 0 Å². The fourth-order valence-corrected chi connectivity index (χ4v) is 3.10. The van der Waals surface area contributed by atoms with Gasteiger partial charge in [-0.3, -0.25) is 4.90 Å². The highest BCUT2D eigenvalue weighted by Gasteiger charge is 2.28. The van der Waals surface area contributed by atoms with Crippen LogP contribution in [-0.4, -0.2) is 63.5 Å². The van der Waals surface area contributed by atoms with Crippen LogP contribution in [-0.2, 0) is 9.47 Å². The molecule has 0 amide bonds. The van der Waals surface area contributed by atoms with Crippen LogP contribution in [0.1, 0.15) is 26.2 Å². The van der Waals surface area contributed by atoms with E-state index in [0.29, 0.717) is 18.0 Å². The Bertz CT molecular complexity index is 226. The fourth-order valence-electron chi connectivity index (χ4n) is 3.10. The van der Waals surface area contributed by atoms with Gasteiger partial charge in [0, 0.05) is 38.9 Å². The van der Waals surface area contributed by atoms with Crippen molar-refractivity contribution in [2.75, 3.05) is 46.6 Å². The topological polar surface area (TPSA) is 33.7 Å². The first-order chi connectivity index (χ1) is 8.81. The van der Waals surface area contributed by atoms with Gasteiger partial charge in [-0.25, -0.2) is 0 Å². The fraction of sp³-hybridized carbons (Fsp3) is 1.00. The van der Waals surface area contributed by atoms with Crippen LogP contribution in [0.5, 0.6) is 0 Å². The summed E-state index contributed by atoms with van der Waals surface area (Å²) in [6.45, 7) is 8.42. The second-order valence-corrected chi connectivity index (χ2v) is 5.65. The molecule has 2 saturated heterocycles. The summed E-state index contributed by atoms with van der Waals surface area (Å²) in [7, 11) is 1.79. The molecule has 0 saturated carbocycles. The van der Waals surface area contributed by atoms with Gasteiger partial charge in [-0.15, -0.1) is 0 Å². The first-order valence-electron chi connectivity index (χ1n) is 7.35. The van der Waals surface area contributed by atoms with E-state index in [-0.39, 0.29) is 0 Å². The first kappa shape index (κ1) is 14.3. The molecule has 0 aromatic heterocycles. The SMILES string of the molecule is COCCN(CC1CCCN1)C(C)C1CCOC1. The van der Waals surface area contributed by atoms with Crippen molar-refractivity contribution < 1.29 is 9.47 Å². The average molecular weight is 256 g/mol. The van der Waals surface area contributed by atoms with Gasteiger partial charge in [-0.1, -0.05) is 0 Å². The van der Waals surface area contributed by atoms with Gasteiger partial charge < -0.3 is 14.8 Å². The Hall–Kier alpha value is -0.160. The third-order valence-corrected chi connectivity index (χ3v) is 4.42. The summed E-state index contributed by atoms with van der Waals surface area (Å²) < 4.78 is 10.8. The highest BCUT2D eigenvalue weighted by atomic mass is 16.5. The third-order valence-electron chi connectivity index (χ3n) is 4.42. The molecule has 3 unspecified atom stereocenters. The molecule has 0 bridgehead atoms. The highest BCUT2D eigenvalue weighted by Crippen LogP contribution is 2.22. The molecule has 0 aliphatic carbocycles. The molecule has 2 rings (SSSR count). The molecule has 2 aliphatic rings. The van der Waals surface area contributed by atoms with Gasteiger partial charge in [-0.05, 0) is 38.6 Å². The van der Waals surface area contributed by atoms with Gasteiger partial charge in [0.2, 0.25) is 0 Å². The zero-order chi connectivity index (χ0) is 12.8. The summed E-state index contributed by atoms with van der Waals surface area (Å²) >= 11 is 0. The molecule has 2 fully saturated rings. The number of hydrogen-bond acceptors (Lipinski definition) is 4. The van der Waals surface area contributed by atoms with Crippen LogP contribution in [0, 0.1) is 5.92 Å². The summed E-state index contributed by atoms with van der Waals surface area (Å²) in [5.74, 6) is 0.697. The van der Waals surface area contributed by atoms with Crippen LogP contribution in [0.4, 0.5) is 0 Å². The molecule has 1 N–H and O–H groups in total. The van der Waals surface area contributed by atoms with Crippen LogP contribution in [0.2, 0.25) is 0 Å². The lowest BCUT2D eigenvalue weighted by Gasteiger charge is -2.34. The summed E-state index contributed by atoms with van der Waals surface area (Å²) in [4.78, 5) is 2.59. The molecule has 0 radical (unpaired) electrons. The molecule has 2 heterocycles. The van der Waals surface area contributed by atoms with Gasteiger partial charge in [0.15, 0.2) is 0 Å². The third kappa shape index (κ3) is 3.92. The van der Waals surface area contributed by atoms with E-state index >= 15 is 0 Å². The highest BCUT2D eigenvalue weighted by molar-refractivity contribution is 4.84. The smallest absolute Gasteiger partial charge is 0.0589 e. The Balaban J connectivity index is 1.85. The molecule has 4 nitrogen and oxygen atoms in total. The molecule has 106 valence electrons. The number of ether oxygens (including phenoxy) is 2.